The van der Waals surface area contributed by atoms with Crippen LogP contribution in [0.3, 0.4) is 0 Å². The smallest absolute Gasteiger partial charge is 0.229 e. The molecule has 0 aromatic carbocycles. The highest BCUT2D eigenvalue weighted by molar-refractivity contribution is 5.94. The lowest BCUT2D eigenvalue weighted by atomic mass is 9.84. The summed E-state index contributed by atoms with van der Waals surface area (Å²) in [7, 11) is 3.37. The van der Waals surface area contributed by atoms with Crippen LogP contribution < -0.4 is 15.0 Å². The summed E-state index contributed by atoms with van der Waals surface area (Å²) in [6.07, 6.45) is 12.0. The van der Waals surface area contributed by atoms with E-state index in [2.05, 4.69) is 10.3 Å². The zero-order chi connectivity index (χ0) is 19.9. The van der Waals surface area contributed by atoms with Crippen molar-refractivity contribution in [1.29, 1.82) is 0 Å². The summed E-state index contributed by atoms with van der Waals surface area (Å²) in [4.78, 5) is 31.0. The molecular formula is C22H33N3O3. The van der Waals surface area contributed by atoms with Crippen molar-refractivity contribution in [2.45, 2.75) is 70.3 Å². The second-order valence-electron chi connectivity index (χ2n) is 8.28. The van der Waals surface area contributed by atoms with E-state index >= 15 is 0 Å². The Morgan fingerprint density at radius 1 is 1.11 bits per heavy atom. The number of aromatic nitrogens is 1. The molecular weight excluding hydrogens is 354 g/mol. The van der Waals surface area contributed by atoms with Crippen LogP contribution in [-0.2, 0) is 9.59 Å². The monoisotopic (exact) mass is 387 g/mol. The molecule has 0 saturated heterocycles. The van der Waals surface area contributed by atoms with Gasteiger partial charge in [-0.1, -0.05) is 19.3 Å². The van der Waals surface area contributed by atoms with E-state index in [1.807, 2.05) is 6.07 Å². The number of hydrogen-bond donors (Lipinski definition) is 1. The van der Waals surface area contributed by atoms with Crippen molar-refractivity contribution in [1.82, 2.24) is 10.3 Å². The van der Waals surface area contributed by atoms with Crippen LogP contribution in [-0.4, -0.2) is 37.0 Å². The average molecular weight is 388 g/mol. The lowest BCUT2D eigenvalue weighted by Gasteiger charge is -2.31. The molecule has 0 radical (unpaired) electrons. The van der Waals surface area contributed by atoms with E-state index in [4.69, 9.17) is 4.74 Å². The van der Waals surface area contributed by atoms with Crippen LogP contribution in [0.5, 0.6) is 5.88 Å². The van der Waals surface area contributed by atoms with Crippen LogP contribution in [0.15, 0.2) is 18.3 Å². The highest BCUT2D eigenvalue weighted by Crippen LogP contribution is 2.29. The molecule has 2 fully saturated rings. The number of ether oxygens (including phenoxy) is 1. The maximum Gasteiger partial charge on any atom is 0.229 e. The molecule has 2 aliphatic rings. The Morgan fingerprint density at radius 2 is 1.82 bits per heavy atom. The molecule has 6 nitrogen and oxygen atoms in total. The van der Waals surface area contributed by atoms with Gasteiger partial charge in [-0.25, -0.2) is 4.98 Å². The maximum atomic E-state index is 12.8. The van der Waals surface area contributed by atoms with E-state index in [1.54, 1.807) is 31.3 Å². The molecule has 6 heteroatoms. The van der Waals surface area contributed by atoms with Crippen LogP contribution in [0.25, 0.3) is 0 Å². The van der Waals surface area contributed by atoms with Gasteiger partial charge in [0, 0.05) is 31.5 Å². The van der Waals surface area contributed by atoms with Crippen LogP contribution in [0, 0.1) is 11.8 Å². The largest absolute Gasteiger partial charge is 0.481 e. The first-order valence-corrected chi connectivity index (χ1v) is 10.6. The molecule has 1 heterocycles. The van der Waals surface area contributed by atoms with Gasteiger partial charge >= 0.3 is 0 Å². The number of pyridine rings is 1. The van der Waals surface area contributed by atoms with Crippen molar-refractivity contribution in [2.24, 2.45) is 11.8 Å². The van der Waals surface area contributed by atoms with Crippen LogP contribution in [0.1, 0.15) is 64.2 Å². The highest BCUT2D eigenvalue weighted by atomic mass is 16.5. The maximum absolute atomic E-state index is 12.8. The summed E-state index contributed by atoms with van der Waals surface area (Å²) in [5, 5.41) is 3.21. The molecule has 1 aromatic heterocycles. The predicted octanol–water partition coefficient (Wildman–Crippen LogP) is 3.70. The fourth-order valence-corrected chi connectivity index (χ4v) is 4.52. The second kappa shape index (κ2) is 9.89. The van der Waals surface area contributed by atoms with E-state index in [9.17, 15) is 9.59 Å². The molecule has 3 rings (SSSR count). The number of hydrogen-bond acceptors (Lipinski definition) is 4. The van der Waals surface area contributed by atoms with Gasteiger partial charge in [-0.2, -0.15) is 0 Å². The topological polar surface area (TPSA) is 71.5 Å². The Bertz CT molecular complexity index is 647. The van der Waals surface area contributed by atoms with Gasteiger partial charge in [0.2, 0.25) is 17.7 Å². The number of carbonyl (C=O) groups excluding carboxylic acids is 2. The summed E-state index contributed by atoms with van der Waals surface area (Å²) in [5.74, 6) is 1.44. The fraction of sp³-hybridized carbons (Fsp3) is 0.682. The quantitative estimate of drug-likeness (QED) is 0.808. The van der Waals surface area contributed by atoms with E-state index in [-0.39, 0.29) is 23.8 Å². The SMILES string of the molecule is COc1ccc(N(C)C(=O)C2CCC(NC(=O)CC3CCCCC3)CC2)cn1. The van der Waals surface area contributed by atoms with Gasteiger partial charge in [0.1, 0.15) is 0 Å². The van der Waals surface area contributed by atoms with Crippen molar-refractivity contribution >= 4 is 17.5 Å². The van der Waals surface area contributed by atoms with Crippen molar-refractivity contribution in [3.63, 3.8) is 0 Å². The molecule has 0 aliphatic heterocycles. The van der Waals surface area contributed by atoms with Gasteiger partial charge in [-0.3, -0.25) is 9.59 Å². The minimum Gasteiger partial charge on any atom is -0.481 e. The van der Waals surface area contributed by atoms with E-state index < -0.39 is 0 Å². The minimum absolute atomic E-state index is 0.0126. The zero-order valence-electron chi connectivity index (χ0n) is 17.2. The Kier molecular flexibility index (Phi) is 7.29. The number of carbonyl (C=O) groups is 2. The molecule has 1 aromatic rings. The summed E-state index contributed by atoms with van der Waals surface area (Å²) < 4.78 is 5.07. The van der Waals surface area contributed by atoms with Crippen molar-refractivity contribution < 1.29 is 14.3 Å². The summed E-state index contributed by atoms with van der Waals surface area (Å²) >= 11 is 0. The normalized spacial score (nSPS) is 23.1. The standard InChI is InChI=1S/C22H33N3O3/c1-25(19-12-13-21(28-2)23-15-19)22(27)17-8-10-18(11-9-17)24-20(26)14-16-6-4-3-5-7-16/h12-13,15-18H,3-11,14H2,1-2H3,(H,24,26). The predicted molar refractivity (Wildman–Crippen MR) is 109 cm³/mol. The molecule has 0 unspecified atom stereocenters. The zero-order valence-corrected chi connectivity index (χ0v) is 17.2. The summed E-state index contributed by atoms with van der Waals surface area (Å²) in [6, 6.07) is 3.83. The van der Waals surface area contributed by atoms with Gasteiger partial charge in [-0.15, -0.1) is 0 Å². The fourth-order valence-electron chi connectivity index (χ4n) is 4.52. The van der Waals surface area contributed by atoms with Gasteiger partial charge in [0.05, 0.1) is 19.0 Å². The average Bonchev–Trinajstić information content (AvgIpc) is 2.74. The van der Waals surface area contributed by atoms with Crippen molar-refractivity contribution in [3.8, 4) is 5.88 Å². The third-order valence-corrected chi connectivity index (χ3v) is 6.29. The first kappa shape index (κ1) is 20.6. The first-order valence-electron chi connectivity index (χ1n) is 10.6. The summed E-state index contributed by atoms with van der Waals surface area (Å²) in [5.41, 5.74) is 0.772. The third kappa shape index (κ3) is 5.46. The molecule has 2 amide bonds. The van der Waals surface area contributed by atoms with Crippen molar-refractivity contribution in [3.05, 3.63) is 18.3 Å². The van der Waals surface area contributed by atoms with Gasteiger partial charge < -0.3 is 15.0 Å². The Hall–Kier alpha value is -2.11. The van der Waals surface area contributed by atoms with Gasteiger partial charge in [0.25, 0.3) is 0 Å². The lowest BCUT2D eigenvalue weighted by Crippen LogP contribution is -2.41. The highest BCUT2D eigenvalue weighted by Gasteiger charge is 2.30. The Morgan fingerprint density at radius 3 is 2.43 bits per heavy atom. The van der Waals surface area contributed by atoms with E-state index in [0.29, 0.717) is 18.2 Å². The Labute approximate surface area is 168 Å². The molecule has 1 N–H and O–H groups in total. The first-order chi connectivity index (χ1) is 13.6. The van der Waals surface area contributed by atoms with Gasteiger partial charge in [-0.05, 0) is 50.5 Å². The van der Waals surface area contributed by atoms with Crippen LogP contribution >= 0.6 is 0 Å². The Balaban J connectivity index is 1.43. The number of methoxy groups -OCH3 is 1. The summed E-state index contributed by atoms with van der Waals surface area (Å²) in [6.45, 7) is 0. The number of nitrogens with one attached hydrogen (secondary N) is 1. The van der Waals surface area contributed by atoms with Crippen molar-refractivity contribution in [2.75, 3.05) is 19.1 Å². The number of amides is 2. The molecule has 0 atom stereocenters. The molecule has 0 spiro atoms. The van der Waals surface area contributed by atoms with Gasteiger partial charge in [0.15, 0.2) is 0 Å². The molecule has 2 saturated carbocycles. The molecule has 154 valence electrons. The number of rotatable bonds is 6. The van der Waals surface area contributed by atoms with Crippen LogP contribution in [0.4, 0.5) is 5.69 Å². The molecule has 2 aliphatic carbocycles. The third-order valence-electron chi connectivity index (χ3n) is 6.29. The number of nitrogens with zero attached hydrogens (tertiary/aromatic N) is 2. The van der Waals surface area contributed by atoms with Crippen LogP contribution in [0.2, 0.25) is 0 Å². The lowest BCUT2D eigenvalue weighted by molar-refractivity contribution is -0.124. The molecule has 28 heavy (non-hydrogen) atoms. The second-order valence-corrected chi connectivity index (χ2v) is 8.28. The van der Waals surface area contributed by atoms with E-state index in [1.165, 1.54) is 32.1 Å². The van der Waals surface area contributed by atoms with E-state index in [0.717, 1.165) is 31.4 Å². The number of anilines is 1. The minimum atomic E-state index is 0.0126. The molecule has 0 bridgehead atoms.